The zero-order valence-corrected chi connectivity index (χ0v) is 19.2. The lowest BCUT2D eigenvalue weighted by molar-refractivity contribution is -0.148. The molecule has 2 aromatic carbocycles. The predicted octanol–water partition coefficient (Wildman–Crippen LogP) is 5.64. The molecule has 1 aliphatic rings. The molecule has 0 fully saturated rings. The van der Waals surface area contributed by atoms with Gasteiger partial charge in [-0.05, 0) is 67.2 Å². The summed E-state index contributed by atoms with van der Waals surface area (Å²) in [5.74, 6) is 0.666. The molecular formula is C26H32ClNO3. The van der Waals surface area contributed by atoms with Crippen LogP contribution in [0, 0.1) is 5.92 Å². The normalized spacial score (nSPS) is 15.3. The third-order valence-electron chi connectivity index (χ3n) is 5.70. The van der Waals surface area contributed by atoms with Crippen molar-refractivity contribution in [3.8, 4) is 5.75 Å². The molecule has 1 heterocycles. The summed E-state index contributed by atoms with van der Waals surface area (Å²) in [4.78, 5) is 14.4. The number of carbonyl (C=O) groups excluding carboxylic acids is 1. The minimum Gasteiger partial charge on any atom is -0.492 e. The molecule has 0 saturated carbocycles. The first-order valence-electron chi connectivity index (χ1n) is 11.1. The first kappa shape index (κ1) is 23.4. The molecule has 0 bridgehead atoms. The Bertz CT molecular complexity index is 861. The number of rotatable bonds is 10. The van der Waals surface area contributed by atoms with Gasteiger partial charge >= 0.3 is 5.97 Å². The highest BCUT2D eigenvalue weighted by Gasteiger charge is 2.18. The number of hydrogen-bond donors (Lipinski definition) is 0. The van der Waals surface area contributed by atoms with Crippen LogP contribution < -0.4 is 4.74 Å². The second kappa shape index (κ2) is 11.9. The summed E-state index contributed by atoms with van der Waals surface area (Å²) in [6.07, 6.45) is 4.82. The number of carbonyl (C=O) groups is 1. The summed E-state index contributed by atoms with van der Waals surface area (Å²) in [5.41, 5.74) is 3.77. The van der Waals surface area contributed by atoms with E-state index in [4.69, 9.17) is 21.1 Å². The second-order valence-electron chi connectivity index (χ2n) is 7.84. The van der Waals surface area contributed by atoms with Gasteiger partial charge < -0.3 is 9.47 Å². The SMILES string of the molecule is CCOC(=O)C(CC)Cc1ccc(OCCN2CC=C(c3ccc(Cl)cc3)CC2)cc1. The van der Waals surface area contributed by atoms with Crippen molar-refractivity contribution in [3.63, 3.8) is 0 Å². The molecule has 1 atom stereocenters. The minimum atomic E-state index is -0.111. The van der Waals surface area contributed by atoms with Gasteiger partial charge in [0.2, 0.25) is 0 Å². The Balaban J connectivity index is 1.42. The van der Waals surface area contributed by atoms with E-state index < -0.39 is 0 Å². The maximum atomic E-state index is 12.0. The van der Waals surface area contributed by atoms with E-state index in [0.717, 1.165) is 48.8 Å². The molecule has 2 aromatic rings. The molecule has 0 aromatic heterocycles. The largest absolute Gasteiger partial charge is 0.492 e. The van der Waals surface area contributed by atoms with Crippen molar-refractivity contribution in [1.29, 1.82) is 0 Å². The van der Waals surface area contributed by atoms with Gasteiger partial charge in [0.05, 0.1) is 12.5 Å². The molecular weight excluding hydrogens is 410 g/mol. The number of benzene rings is 2. The van der Waals surface area contributed by atoms with Crippen molar-refractivity contribution in [1.82, 2.24) is 4.90 Å². The fourth-order valence-electron chi connectivity index (χ4n) is 3.79. The summed E-state index contributed by atoms with van der Waals surface area (Å²) in [6, 6.07) is 16.1. The van der Waals surface area contributed by atoms with Crippen molar-refractivity contribution in [2.24, 2.45) is 5.92 Å². The van der Waals surface area contributed by atoms with Crippen LogP contribution in [0.5, 0.6) is 5.75 Å². The van der Waals surface area contributed by atoms with Crippen LogP contribution in [0.3, 0.4) is 0 Å². The van der Waals surface area contributed by atoms with E-state index in [0.29, 0.717) is 19.6 Å². The van der Waals surface area contributed by atoms with E-state index in [-0.39, 0.29) is 11.9 Å². The summed E-state index contributed by atoms with van der Waals surface area (Å²) < 4.78 is 11.1. The average molecular weight is 442 g/mol. The quantitative estimate of drug-likeness (QED) is 0.447. The Kier molecular flexibility index (Phi) is 8.98. The first-order chi connectivity index (χ1) is 15.1. The monoisotopic (exact) mass is 441 g/mol. The smallest absolute Gasteiger partial charge is 0.309 e. The molecule has 4 nitrogen and oxygen atoms in total. The summed E-state index contributed by atoms with van der Waals surface area (Å²) >= 11 is 5.98. The minimum absolute atomic E-state index is 0.0864. The highest BCUT2D eigenvalue weighted by atomic mass is 35.5. The highest BCUT2D eigenvalue weighted by Crippen LogP contribution is 2.24. The maximum Gasteiger partial charge on any atom is 0.309 e. The molecule has 0 spiro atoms. The van der Waals surface area contributed by atoms with E-state index >= 15 is 0 Å². The lowest BCUT2D eigenvalue weighted by Gasteiger charge is -2.26. The van der Waals surface area contributed by atoms with Crippen molar-refractivity contribution in [2.75, 3.05) is 32.8 Å². The number of halogens is 1. The third-order valence-corrected chi connectivity index (χ3v) is 5.95. The van der Waals surface area contributed by atoms with Gasteiger partial charge in [-0.2, -0.15) is 0 Å². The molecule has 0 aliphatic carbocycles. The van der Waals surface area contributed by atoms with E-state index in [9.17, 15) is 4.79 Å². The van der Waals surface area contributed by atoms with Gasteiger partial charge in [0, 0.05) is 24.7 Å². The first-order valence-corrected chi connectivity index (χ1v) is 11.5. The number of hydrogen-bond acceptors (Lipinski definition) is 4. The molecule has 0 saturated heterocycles. The van der Waals surface area contributed by atoms with Gasteiger partial charge in [-0.3, -0.25) is 9.69 Å². The van der Waals surface area contributed by atoms with E-state index in [2.05, 4.69) is 23.1 Å². The number of esters is 1. The summed E-state index contributed by atoms with van der Waals surface area (Å²) in [6.45, 7) is 7.81. The zero-order valence-electron chi connectivity index (χ0n) is 18.5. The van der Waals surface area contributed by atoms with Crippen molar-refractivity contribution in [3.05, 3.63) is 70.8 Å². The van der Waals surface area contributed by atoms with Crippen LogP contribution >= 0.6 is 11.6 Å². The molecule has 0 radical (unpaired) electrons. The lowest BCUT2D eigenvalue weighted by Crippen LogP contribution is -2.32. The number of nitrogens with zero attached hydrogens (tertiary/aromatic N) is 1. The predicted molar refractivity (Wildman–Crippen MR) is 127 cm³/mol. The Hall–Kier alpha value is -2.30. The molecule has 166 valence electrons. The van der Waals surface area contributed by atoms with E-state index in [1.165, 1.54) is 11.1 Å². The standard InChI is InChI=1S/C26H32ClNO3/c1-3-21(26(29)30-4-2)19-20-5-11-25(12-6-20)31-18-17-28-15-13-23(14-16-28)22-7-9-24(27)10-8-22/h5-13,21H,3-4,14-19H2,1-2H3. The van der Waals surface area contributed by atoms with Crippen LogP contribution in [0.25, 0.3) is 5.57 Å². The molecule has 5 heteroatoms. The van der Waals surface area contributed by atoms with Gasteiger partial charge in [-0.1, -0.05) is 48.9 Å². The Morgan fingerprint density at radius 1 is 1.10 bits per heavy atom. The molecule has 31 heavy (non-hydrogen) atoms. The van der Waals surface area contributed by atoms with Crippen LogP contribution in [0.1, 0.15) is 37.8 Å². The average Bonchev–Trinajstić information content (AvgIpc) is 2.79. The van der Waals surface area contributed by atoms with E-state index in [1.807, 2.05) is 50.2 Å². The molecule has 3 rings (SSSR count). The molecule has 1 unspecified atom stereocenters. The third kappa shape index (κ3) is 7.12. The lowest BCUT2D eigenvalue weighted by atomic mass is 9.97. The van der Waals surface area contributed by atoms with Gasteiger partial charge in [-0.25, -0.2) is 0 Å². The maximum absolute atomic E-state index is 12.0. The van der Waals surface area contributed by atoms with Crippen LogP contribution in [-0.4, -0.2) is 43.7 Å². The Morgan fingerprint density at radius 2 is 1.84 bits per heavy atom. The van der Waals surface area contributed by atoms with Gasteiger partial charge in [0.15, 0.2) is 0 Å². The number of ether oxygens (including phenoxy) is 2. The topological polar surface area (TPSA) is 38.8 Å². The van der Waals surface area contributed by atoms with Gasteiger partial charge in [0.25, 0.3) is 0 Å². The van der Waals surface area contributed by atoms with E-state index in [1.54, 1.807) is 0 Å². The van der Waals surface area contributed by atoms with Crippen LogP contribution in [0.2, 0.25) is 5.02 Å². The second-order valence-corrected chi connectivity index (χ2v) is 8.28. The highest BCUT2D eigenvalue weighted by molar-refractivity contribution is 6.30. The van der Waals surface area contributed by atoms with Crippen molar-refractivity contribution >= 4 is 23.1 Å². The van der Waals surface area contributed by atoms with Crippen LogP contribution in [0.15, 0.2) is 54.6 Å². The van der Waals surface area contributed by atoms with Crippen molar-refractivity contribution < 1.29 is 14.3 Å². The van der Waals surface area contributed by atoms with Gasteiger partial charge in [-0.15, -0.1) is 0 Å². The zero-order chi connectivity index (χ0) is 22.1. The molecule has 1 aliphatic heterocycles. The summed E-state index contributed by atoms with van der Waals surface area (Å²) in [5, 5.41) is 0.774. The summed E-state index contributed by atoms with van der Waals surface area (Å²) in [7, 11) is 0. The van der Waals surface area contributed by atoms with Crippen molar-refractivity contribution in [2.45, 2.75) is 33.1 Å². The van der Waals surface area contributed by atoms with Crippen LogP contribution in [-0.2, 0) is 16.0 Å². The molecule has 0 amide bonds. The fraction of sp³-hybridized carbons (Fsp3) is 0.423. The Labute approximate surface area is 190 Å². The Morgan fingerprint density at radius 3 is 2.45 bits per heavy atom. The van der Waals surface area contributed by atoms with Crippen LogP contribution in [0.4, 0.5) is 0 Å². The van der Waals surface area contributed by atoms with Gasteiger partial charge in [0.1, 0.15) is 12.4 Å². The fourth-order valence-corrected chi connectivity index (χ4v) is 3.92. The molecule has 0 N–H and O–H groups in total.